The Morgan fingerprint density at radius 1 is 1.00 bits per heavy atom. The van der Waals surface area contributed by atoms with Crippen LogP contribution in [-0.4, -0.2) is 67.6 Å². The molecule has 0 bridgehead atoms. The summed E-state index contributed by atoms with van der Waals surface area (Å²) < 4.78 is 58.3. The van der Waals surface area contributed by atoms with Gasteiger partial charge in [0.25, 0.3) is 0 Å². The summed E-state index contributed by atoms with van der Waals surface area (Å²) in [6.07, 6.45) is 0. The zero-order valence-corrected chi connectivity index (χ0v) is 17.7. The zero-order valence-electron chi connectivity index (χ0n) is 15.3. The van der Waals surface area contributed by atoms with Crippen LogP contribution in [-0.2, 0) is 24.8 Å². The van der Waals surface area contributed by atoms with Gasteiger partial charge in [-0.1, -0.05) is 19.9 Å². The van der Waals surface area contributed by atoms with E-state index >= 15 is 0 Å². The van der Waals surface area contributed by atoms with E-state index in [9.17, 15) is 16.8 Å². The van der Waals surface area contributed by atoms with Crippen LogP contribution in [0.1, 0.15) is 13.8 Å². The summed E-state index contributed by atoms with van der Waals surface area (Å²) in [6, 6.07) is 5.40. The van der Waals surface area contributed by atoms with Crippen LogP contribution in [0.4, 0.5) is 0 Å². The molecule has 0 saturated carbocycles. The first-order valence-corrected chi connectivity index (χ1v) is 11.0. The Labute approximate surface area is 162 Å². The number of sulfonamides is 2. The quantitative estimate of drug-likeness (QED) is 0.473. The number of rotatable bonds is 12. The van der Waals surface area contributed by atoms with E-state index in [1.165, 1.54) is 28.6 Å². The summed E-state index contributed by atoms with van der Waals surface area (Å²) in [7, 11) is -5.90. The van der Waals surface area contributed by atoms with Crippen LogP contribution in [0.15, 0.2) is 34.1 Å². The molecule has 0 aliphatic carbocycles. The van der Waals surface area contributed by atoms with Crippen molar-refractivity contribution in [2.24, 2.45) is 0 Å². The highest BCUT2D eigenvalue weighted by Crippen LogP contribution is 2.19. The van der Waals surface area contributed by atoms with Gasteiger partial charge in [0.2, 0.25) is 20.0 Å². The summed E-state index contributed by atoms with van der Waals surface area (Å²) in [6.45, 7) is 5.91. The predicted molar refractivity (Wildman–Crippen MR) is 104 cm³/mol. The number of hydrogen-bond acceptors (Lipinski definition) is 6. The van der Waals surface area contributed by atoms with Gasteiger partial charge in [0.15, 0.2) is 0 Å². The Hall–Kier alpha value is -0.750. The Kier molecular flexibility index (Phi) is 11.5. The van der Waals surface area contributed by atoms with Gasteiger partial charge in [-0.2, -0.15) is 4.31 Å². The molecule has 1 aromatic rings. The van der Waals surface area contributed by atoms with E-state index in [2.05, 4.69) is 10.0 Å². The van der Waals surface area contributed by atoms with Crippen LogP contribution < -0.4 is 10.0 Å². The molecule has 0 aliphatic rings. The third-order valence-corrected chi connectivity index (χ3v) is 7.04. The van der Waals surface area contributed by atoms with Gasteiger partial charge in [-0.05, 0) is 18.2 Å². The minimum absolute atomic E-state index is 0. The van der Waals surface area contributed by atoms with Crippen molar-refractivity contribution < 1.29 is 21.6 Å². The maximum Gasteiger partial charge on any atom is 0.243 e. The smallest absolute Gasteiger partial charge is 0.243 e. The van der Waals surface area contributed by atoms with Crippen LogP contribution in [0.5, 0.6) is 0 Å². The van der Waals surface area contributed by atoms with Crippen molar-refractivity contribution in [3.05, 3.63) is 24.3 Å². The fraction of sp³-hybridized carbons (Fsp3) is 0.600. The molecule has 0 unspecified atom stereocenters. The molecule has 0 amide bonds. The van der Waals surface area contributed by atoms with Gasteiger partial charge in [-0.15, -0.1) is 12.4 Å². The van der Waals surface area contributed by atoms with Gasteiger partial charge in [-0.25, -0.2) is 21.6 Å². The molecule has 0 saturated heterocycles. The first-order chi connectivity index (χ1) is 11.8. The predicted octanol–water partition coefficient (Wildman–Crippen LogP) is 0.653. The molecular weight excluding hydrogens is 402 g/mol. The molecule has 0 fully saturated rings. The highest BCUT2D eigenvalue weighted by molar-refractivity contribution is 7.90. The molecule has 11 heteroatoms. The van der Waals surface area contributed by atoms with Crippen LogP contribution in [0.2, 0.25) is 0 Å². The molecular formula is C15H28ClN3O5S2. The number of benzene rings is 1. The number of methoxy groups -OCH3 is 1. The number of nitrogens with one attached hydrogen (secondary N) is 2. The van der Waals surface area contributed by atoms with E-state index in [0.29, 0.717) is 32.8 Å². The Morgan fingerprint density at radius 2 is 1.62 bits per heavy atom. The minimum Gasteiger partial charge on any atom is -0.383 e. The monoisotopic (exact) mass is 429 g/mol. The van der Waals surface area contributed by atoms with Gasteiger partial charge in [-0.3, -0.25) is 0 Å². The first-order valence-electron chi connectivity index (χ1n) is 8.09. The summed E-state index contributed by atoms with van der Waals surface area (Å²) in [5.74, 6) is 0. The molecule has 0 heterocycles. The highest BCUT2D eigenvalue weighted by Gasteiger charge is 2.23. The molecule has 0 radical (unpaired) electrons. The average Bonchev–Trinajstić information content (AvgIpc) is 2.59. The lowest BCUT2D eigenvalue weighted by atomic mass is 10.4. The van der Waals surface area contributed by atoms with Crippen molar-refractivity contribution in [1.82, 2.24) is 14.3 Å². The van der Waals surface area contributed by atoms with E-state index in [0.717, 1.165) is 0 Å². The molecule has 26 heavy (non-hydrogen) atoms. The third kappa shape index (κ3) is 7.10. The topological polar surface area (TPSA) is 105 Å². The Morgan fingerprint density at radius 3 is 2.19 bits per heavy atom. The van der Waals surface area contributed by atoms with E-state index < -0.39 is 20.0 Å². The molecule has 0 aliphatic heterocycles. The van der Waals surface area contributed by atoms with Crippen molar-refractivity contribution in [2.45, 2.75) is 23.6 Å². The number of ether oxygens (including phenoxy) is 1. The van der Waals surface area contributed by atoms with Crippen LogP contribution >= 0.6 is 12.4 Å². The van der Waals surface area contributed by atoms with Crippen molar-refractivity contribution in [1.29, 1.82) is 0 Å². The largest absolute Gasteiger partial charge is 0.383 e. The van der Waals surface area contributed by atoms with Crippen molar-refractivity contribution >= 4 is 32.5 Å². The lowest BCUT2D eigenvalue weighted by Gasteiger charge is -2.18. The fourth-order valence-electron chi connectivity index (χ4n) is 2.17. The molecule has 1 aromatic carbocycles. The lowest BCUT2D eigenvalue weighted by molar-refractivity contribution is 0.199. The molecule has 0 atom stereocenters. The number of halogens is 1. The molecule has 8 nitrogen and oxygen atoms in total. The van der Waals surface area contributed by atoms with Crippen molar-refractivity contribution in [3.8, 4) is 0 Å². The molecule has 0 aromatic heterocycles. The van der Waals surface area contributed by atoms with Gasteiger partial charge in [0.1, 0.15) is 0 Å². The molecule has 1 rings (SSSR count). The van der Waals surface area contributed by atoms with E-state index in [1.54, 1.807) is 21.0 Å². The standard InChI is InChI=1S/C15H27N3O5S2.ClH/c1-4-18(5-2)25(21,22)15-8-6-7-14(13-15)24(19,20)17-10-9-16-11-12-23-3;/h6-8,13,16-17H,4-5,9-12H2,1-3H3;1H. The second-order valence-corrected chi connectivity index (χ2v) is 8.91. The van der Waals surface area contributed by atoms with Gasteiger partial charge in [0, 0.05) is 39.8 Å². The van der Waals surface area contributed by atoms with Gasteiger partial charge < -0.3 is 10.1 Å². The maximum atomic E-state index is 12.5. The number of hydrogen-bond donors (Lipinski definition) is 2. The minimum atomic E-state index is -3.78. The van der Waals surface area contributed by atoms with E-state index in [-0.39, 0.29) is 28.7 Å². The third-order valence-electron chi connectivity index (χ3n) is 3.54. The van der Waals surface area contributed by atoms with Crippen molar-refractivity contribution in [2.75, 3.05) is 46.4 Å². The highest BCUT2D eigenvalue weighted by atomic mass is 35.5. The maximum absolute atomic E-state index is 12.5. The molecule has 2 N–H and O–H groups in total. The summed E-state index contributed by atoms with van der Waals surface area (Å²) in [4.78, 5) is -0.102. The van der Waals surface area contributed by atoms with Crippen LogP contribution in [0.3, 0.4) is 0 Å². The summed E-state index contributed by atoms with van der Waals surface area (Å²) in [5, 5.41) is 3.02. The normalized spacial score (nSPS) is 12.2. The zero-order chi connectivity index (χ0) is 18.9. The Bertz CT molecular complexity index is 737. The van der Waals surface area contributed by atoms with Gasteiger partial charge in [0.05, 0.1) is 16.4 Å². The van der Waals surface area contributed by atoms with Gasteiger partial charge >= 0.3 is 0 Å². The molecule has 0 spiro atoms. The van der Waals surface area contributed by atoms with E-state index in [4.69, 9.17) is 4.74 Å². The Balaban J connectivity index is 0.00000625. The van der Waals surface area contributed by atoms with Crippen LogP contribution in [0.25, 0.3) is 0 Å². The van der Waals surface area contributed by atoms with E-state index in [1.807, 2.05) is 0 Å². The average molecular weight is 430 g/mol. The van der Waals surface area contributed by atoms with Crippen LogP contribution in [0, 0.1) is 0 Å². The lowest BCUT2D eigenvalue weighted by Crippen LogP contribution is -2.33. The second kappa shape index (κ2) is 11.9. The summed E-state index contributed by atoms with van der Waals surface area (Å²) in [5.41, 5.74) is 0. The summed E-state index contributed by atoms with van der Waals surface area (Å²) >= 11 is 0. The number of nitrogens with zero attached hydrogens (tertiary/aromatic N) is 1. The first kappa shape index (κ1) is 25.2. The second-order valence-electron chi connectivity index (χ2n) is 5.20. The molecule has 152 valence electrons. The van der Waals surface area contributed by atoms with Crippen molar-refractivity contribution in [3.63, 3.8) is 0 Å². The SMILES string of the molecule is CCN(CC)S(=O)(=O)c1cccc(S(=O)(=O)NCCNCCOC)c1.Cl. The fourth-order valence-corrected chi connectivity index (χ4v) is 4.83.